The van der Waals surface area contributed by atoms with E-state index in [-0.39, 0.29) is 18.0 Å². The van der Waals surface area contributed by atoms with Crippen LogP contribution in [0.1, 0.15) is 31.1 Å². The number of hydrogen-bond donors (Lipinski definition) is 3. The first-order valence-electron chi connectivity index (χ1n) is 3.77. The normalized spacial score (nSPS) is 9.00. The smallest absolute Gasteiger partial charge is 0.336 e. The van der Waals surface area contributed by atoms with E-state index >= 15 is 0 Å². The molecule has 0 heterocycles. The first-order valence-corrected chi connectivity index (χ1v) is 3.77. The molecule has 0 amide bonds. The van der Waals surface area contributed by atoms with Gasteiger partial charge in [0, 0.05) is 0 Å². The van der Waals surface area contributed by atoms with Crippen LogP contribution in [0, 0.1) is 0 Å². The average molecular weight is 247 g/mol. The second kappa shape index (κ2) is 5.13. The maximum absolute atomic E-state index is 10.6. The fourth-order valence-electron chi connectivity index (χ4n) is 1.04. The largest absolute Gasteiger partial charge is 0.478 e. The van der Waals surface area contributed by atoms with Gasteiger partial charge in [-0.05, 0) is 18.2 Å². The topological polar surface area (TPSA) is 112 Å². The van der Waals surface area contributed by atoms with Gasteiger partial charge < -0.3 is 15.3 Å². The standard InChI is InChI=1S/C9H6O6.ClH/c10-7(11)4-1-2-5(8(12)13)6(3-4)9(14)15;/h1-3H,(H,10,11)(H,12,13)(H,14,15);1H. The van der Waals surface area contributed by atoms with E-state index in [0.717, 1.165) is 18.2 Å². The lowest BCUT2D eigenvalue weighted by Gasteiger charge is -2.02. The second-order valence-corrected chi connectivity index (χ2v) is 2.68. The molecule has 0 fully saturated rings. The summed E-state index contributed by atoms with van der Waals surface area (Å²) < 4.78 is 0. The van der Waals surface area contributed by atoms with Crippen LogP contribution in [0.4, 0.5) is 0 Å². The van der Waals surface area contributed by atoms with E-state index in [2.05, 4.69) is 0 Å². The van der Waals surface area contributed by atoms with Crippen molar-refractivity contribution < 1.29 is 29.7 Å². The molecule has 0 bridgehead atoms. The van der Waals surface area contributed by atoms with Gasteiger partial charge in [0.15, 0.2) is 0 Å². The Morgan fingerprint density at radius 1 is 0.812 bits per heavy atom. The monoisotopic (exact) mass is 246 g/mol. The number of aromatic carboxylic acids is 3. The zero-order chi connectivity index (χ0) is 11.6. The maximum Gasteiger partial charge on any atom is 0.336 e. The van der Waals surface area contributed by atoms with Crippen molar-refractivity contribution in [2.24, 2.45) is 0 Å². The van der Waals surface area contributed by atoms with Crippen LogP contribution in [-0.2, 0) is 0 Å². The van der Waals surface area contributed by atoms with Crippen molar-refractivity contribution in [3.8, 4) is 0 Å². The molecular formula is C9H7ClO6. The predicted molar refractivity (Wildman–Crippen MR) is 54.6 cm³/mol. The van der Waals surface area contributed by atoms with Gasteiger partial charge in [0.2, 0.25) is 0 Å². The minimum Gasteiger partial charge on any atom is -0.478 e. The first-order chi connectivity index (χ1) is 6.93. The predicted octanol–water partition coefficient (Wildman–Crippen LogP) is 1.20. The molecule has 0 radical (unpaired) electrons. The van der Waals surface area contributed by atoms with Crippen LogP contribution in [0.5, 0.6) is 0 Å². The third kappa shape index (κ3) is 2.71. The van der Waals surface area contributed by atoms with E-state index in [1.54, 1.807) is 0 Å². The molecule has 6 nitrogen and oxygen atoms in total. The number of benzene rings is 1. The molecular weight excluding hydrogens is 240 g/mol. The summed E-state index contributed by atoms with van der Waals surface area (Å²) in [6, 6.07) is 2.81. The quantitative estimate of drug-likeness (QED) is 0.739. The van der Waals surface area contributed by atoms with Crippen molar-refractivity contribution in [3.05, 3.63) is 34.9 Å². The number of carboxylic acid groups (broad SMARTS) is 3. The van der Waals surface area contributed by atoms with Gasteiger partial charge in [-0.3, -0.25) is 0 Å². The fraction of sp³-hybridized carbons (Fsp3) is 0. The van der Waals surface area contributed by atoms with Crippen molar-refractivity contribution in [1.82, 2.24) is 0 Å². The average Bonchev–Trinajstić information content (AvgIpc) is 2.16. The number of carboxylic acids is 3. The van der Waals surface area contributed by atoms with E-state index in [9.17, 15) is 14.4 Å². The SMILES string of the molecule is Cl.O=C(O)c1ccc(C(=O)O)c(C(=O)O)c1. The Morgan fingerprint density at radius 2 is 1.31 bits per heavy atom. The second-order valence-electron chi connectivity index (χ2n) is 2.68. The van der Waals surface area contributed by atoms with Crippen molar-refractivity contribution in [1.29, 1.82) is 0 Å². The van der Waals surface area contributed by atoms with Gasteiger partial charge in [0.25, 0.3) is 0 Å². The third-order valence-corrected chi connectivity index (χ3v) is 1.73. The number of hydrogen-bond acceptors (Lipinski definition) is 3. The van der Waals surface area contributed by atoms with Gasteiger partial charge in [-0.1, -0.05) is 0 Å². The van der Waals surface area contributed by atoms with E-state index in [4.69, 9.17) is 15.3 Å². The molecule has 86 valence electrons. The highest BCUT2D eigenvalue weighted by Crippen LogP contribution is 2.12. The van der Waals surface area contributed by atoms with Crippen molar-refractivity contribution >= 4 is 30.3 Å². The Hall–Kier alpha value is -2.08. The van der Waals surface area contributed by atoms with Gasteiger partial charge in [-0.2, -0.15) is 0 Å². The zero-order valence-electron chi connectivity index (χ0n) is 7.71. The van der Waals surface area contributed by atoms with Crippen molar-refractivity contribution in [2.45, 2.75) is 0 Å². The number of rotatable bonds is 3. The van der Waals surface area contributed by atoms with Crippen LogP contribution in [0.2, 0.25) is 0 Å². The molecule has 1 aromatic rings. The van der Waals surface area contributed by atoms with Crippen LogP contribution in [0.25, 0.3) is 0 Å². The van der Waals surface area contributed by atoms with E-state index < -0.39 is 29.0 Å². The molecule has 0 aliphatic heterocycles. The summed E-state index contributed by atoms with van der Waals surface area (Å²) in [6.45, 7) is 0. The summed E-state index contributed by atoms with van der Waals surface area (Å²) in [6.07, 6.45) is 0. The summed E-state index contributed by atoms with van der Waals surface area (Å²) in [4.78, 5) is 31.8. The molecule has 3 N–H and O–H groups in total. The molecule has 0 aliphatic carbocycles. The van der Waals surface area contributed by atoms with Crippen LogP contribution < -0.4 is 0 Å². The Kier molecular flexibility index (Phi) is 4.46. The van der Waals surface area contributed by atoms with Gasteiger partial charge in [0.05, 0.1) is 16.7 Å². The lowest BCUT2D eigenvalue weighted by atomic mass is 10.0. The Labute approximate surface area is 95.5 Å². The van der Waals surface area contributed by atoms with Gasteiger partial charge in [-0.25, -0.2) is 14.4 Å². The highest BCUT2D eigenvalue weighted by atomic mass is 35.5. The van der Waals surface area contributed by atoms with E-state index in [0.29, 0.717) is 0 Å². The van der Waals surface area contributed by atoms with Crippen LogP contribution >= 0.6 is 12.4 Å². The molecule has 0 aromatic heterocycles. The van der Waals surface area contributed by atoms with Crippen LogP contribution in [0.15, 0.2) is 18.2 Å². The molecule has 0 saturated heterocycles. The minimum atomic E-state index is -1.48. The molecule has 0 saturated carbocycles. The molecule has 1 rings (SSSR count). The highest BCUT2D eigenvalue weighted by molar-refractivity contribution is 6.03. The van der Waals surface area contributed by atoms with E-state index in [1.807, 2.05) is 0 Å². The van der Waals surface area contributed by atoms with Gasteiger partial charge in [0.1, 0.15) is 0 Å². The Bertz CT molecular complexity index is 453. The molecule has 0 unspecified atom stereocenters. The lowest BCUT2D eigenvalue weighted by Crippen LogP contribution is -2.10. The molecule has 1 aromatic carbocycles. The zero-order valence-corrected chi connectivity index (χ0v) is 8.52. The summed E-state index contributed by atoms with van der Waals surface area (Å²) in [7, 11) is 0. The van der Waals surface area contributed by atoms with Crippen LogP contribution in [-0.4, -0.2) is 33.2 Å². The Morgan fingerprint density at radius 3 is 1.69 bits per heavy atom. The molecule has 0 atom stereocenters. The molecule has 16 heavy (non-hydrogen) atoms. The minimum absolute atomic E-state index is 0. The third-order valence-electron chi connectivity index (χ3n) is 1.73. The maximum atomic E-state index is 10.6. The first kappa shape index (κ1) is 13.9. The summed E-state index contributed by atoms with van der Waals surface area (Å²) in [5.41, 5.74) is -1.24. The van der Waals surface area contributed by atoms with E-state index in [1.165, 1.54) is 0 Å². The Balaban J connectivity index is 0.00000225. The highest BCUT2D eigenvalue weighted by Gasteiger charge is 2.17. The van der Waals surface area contributed by atoms with Crippen molar-refractivity contribution in [2.75, 3.05) is 0 Å². The summed E-state index contributed by atoms with van der Waals surface area (Å²) >= 11 is 0. The summed E-state index contributed by atoms with van der Waals surface area (Å²) in [5, 5.41) is 25.9. The number of halogens is 1. The molecule has 0 spiro atoms. The van der Waals surface area contributed by atoms with Gasteiger partial charge >= 0.3 is 17.9 Å². The number of carbonyl (C=O) groups is 3. The lowest BCUT2D eigenvalue weighted by molar-refractivity contribution is 0.0649. The molecule has 7 heteroatoms. The fourth-order valence-corrected chi connectivity index (χ4v) is 1.04. The van der Waals surface area contributed by atoms with Crippen LogP contribution in [0.3, 0.4) is 0 Å². The van der Waals surface area contributed by atoms with Gasteiger partial charge in [-0.15, -0.1) is 12.4 Å². The summed E-state index contributed by atoms with van der Waals surface area (Å²) in [5.74, 6) is -4.20. The molecule has 0 aliphatic rings. The van der Waals surface area contributed by atoms with Crippen molar-refractivity contribution in [3.63, 3.8) is 0 Å².